The summed E-state index contributed by atoms with van der Waals surface area (Å²) in [6.45, 7) is 4.74. The van der Waals surface area contributed by atoms with Crippen molar-refractivity contribution in [3.8, 4) is 44.5 Å². The van der Waals surface area contributed by atoms with Crippen molar-refractivity contribution in [2.24, 2.45) is 0 Å². The monoisotopic (exact) mass is 753 g/mol. The predicted octanol–water partition coefficient (Wildman–Crippen LogP) is 15.2. The number of nitrogens with zero attached hydrogens (tertiary/aromatic N) is 1. The van der Waals surface area contributed by atoms with Crippen LogP contribution in [-0.4, -0.2) is 0 Å². The van der Waals surface area contributed by atoms with Gasteiger partial charge in [0, 0.05) is 22.2 Å². The Labute approximate surface area is 347 Å². The molecule has 11 rings (SSSR count). The van der Waals surface area contributed by atoms with Crippen molar-refractivity contribution in [3.05, 3.63) is 258 Å². The second-order valence-corrected chi connectivity index (χ2v) is 16.4. The average molecular weight is 754 g/mol. The van der Waals surface area contributed by atoms with Crippen LogP contribution in [0.15, 0.2) is 224 Å². The third kappa shape index (κ3) is 5.31. The first kappa shape index (κ1) is 35.0. The van der Waals surface area contributed by atoms with Crippen molar-refractivity contribution in [3.63, 3.8) is 0 Å². The van der Waals surface area contributed by atoms with Gasteiger partial charge in [0.05, 0.1) is 16.8 Å². The van der Waals surface area contributed by atoms with E-state index in [4.69, 9.17) is 0 Å². The van der Waals surface area contributed by atoms with Gasteiger partial charge >= 0.3 is 0 Å². The first-order chi connectivity index (χ1) is 29.0. The Bertz CT molecular complexity index is 3000. The molecule has 1 heteroatoms. The quantitative estimate of drug-likeness (QED) is 0.157. The standard InChI is InChI=1S/C58H43N/c1-57(2)50-28-15-12-26-47(50)48-38-37-45(39-53(48)57)59(54-31-17-14-25-46(54)42-21-8-4-9-22-42)55-32-18-30-52-56(55)49-27-13-16-29-51(49)58(52,43-23-10-5-11-24-43)44-35-33-41(34-36-44)40-19-6-3-7-20-40/h3-39H,1-2H3. The molecule has 0 aliphatic heterocycles. The Morgan fingerprint density at radius 1 is 0.322 bits per heavy atom. The first-order valence-electron chi connectivity index (χ1n) is 20.7. The highest BCUT2D eigenvalue weighted by Crippen LogP contribution is 2.60. The number of hydrogen-bond acceptors (Lipinski definition) is 1. The molecular formula is C58H43N. The summed E-state index contributed by atoms with van der Waals surface area (Å²) in [5.41, 5.74) is 20.5. The van der Waals surface area contributed by atoms with Gasteiger partial charge in [-0.15, -0.1) is 0 Å². The van der Waals surface area contributed by atoms with Gasteiger partial charge in [0.1, 0.15) is 0 Å². The lowest BCUT2D eigenvalue weighted by Gasteiger charge is -2.35. The van der Waals surface area contributed by atoms with Gasteiger partial charge in [0.2, 0.25) is 0 Å². The largest absolute Gasteiger partial charge is 0.309 e. The molecule has 0 fully saturated rings. The van der Waals surface area contributed by atoms with E-state index in [-0.39, 0.29) is 5.41 Å². The fourth-order valence-electron chi connectivity index (χ4n) is 10.3. The molecule has 0 saturated carbocycles. The summed E-state index contributed by atoms with van der Waals surface area (Å²) >= 11 is 0. The van der Waals surface area contributed by atoms with E-state index in [1.807, 2.05) is 0 Å². The SMILES string of the molecule is CC1(C)c2ccccc2-c2ccc(N(c3ccccc3-c3ccccc3)c3cccc4c3-c3ccccc3C4(c3ccccc3)c3ccc(-c4ccccc4)cc3)cc21. The maximum Gasteiger partial charge on any atom is 0.0714 e. The fraction of sp³-hybridized carbons (Fsp3) is 0.0690. The second kappa shape index (κ2) is 13.7. The topological polar surface area (TPSA) is 3.24 Å². The van der Waals surface area contributed by atoms with E-state index in [1.54, 1.807) is 0 Å². The second-order valence-electron chi connectivity index (χ2n) is 16.4. The summed E-state index contributed by atoms with van der Waals surface area (Å²) in [4.78, 5) is 2.54. The lowest BCUT2D eigenvalue weighted by atomic mass is 9.67. The van der Waals surface area contributed by atoms with Crippen molar-refractivity contribution in [1.82, 2.24) is 0 Å². The van der Waals surface area contributed by atoms with Crippen LogP contribution in [0.3, 0.4) is 0 Å². The molecule has 0 amide bonds. The first-order valence-corrected chi connectivity index (χ1v) is 20.7. The Morgan fingerprint density at radius 2 is 0.831 bits per heavy atom. The zero-order valence-electron chi connectivity index (χ0n) is 33.3. The lowest BCUT2D eigenvalue weighted by molar-refractivity contribution is 0.660. The Morgan fingerprint density at radius 3 is 1.56 bits per heavy atom. The van der Waals surface area contributed by atoms with E-state index in [9.17, 15) is 0 Å². The maximum atomic E-state index is 2.54. The van der Waals surface area contributed by atoms with Gasteiger partial charge in [-0.1, -0.05) is 214 Å². The lowest BCUT2D eigenvalue weighted by Crippen LogP contribution is -2.28. The molecule has 0 aromatic heterocycles. The minimum absolute atomic E-state index is 0.147. The molecular weight excluding hydrogens is 711 g/mol. The highest BCUT2D eigenvalue weighted by atomic mass is 15.1. The highest BCUT2D eigenvalue weighted by molar-refractivity contribution is 6.00. The van der Waals surface area contributed by atoms with Gasteiger partial charge in [0.25, 0.3) is 0 Å². The molecule has 280 valence electrons. The number of rotatable bonds is 7. The van der Waals surface area contributed by atoms with Crippen LogP contribution in [0, 0.1) is 0 Å². The third-order valence-electron chi connectivity index (χ3n) is 13.0. The average Bonchev–Trinajstić information content (AvgIpc) is 3.74. The molecule has 1 nitrogen and oxygen atoms in total. The van der Waals surface area contributed by atoms with E-state index in [0.29, 0.717) is 0 Å². The fourth-order valence-corrected chi connectivity index (χ4v) is 10.3. The summed E-state index contributed by atoms with van der Waals surface area (Å²) in [7, 11) is 0. The Kier molecular flexibility index (Phi) is 8.13. The molecule has 59 heavy (non-hydrogen) atoms. The summed E-state index contributed by atoms with van der Waals surface area (Å²) in [6, 6.07) is 83.0. The summed E-state index contributed by atoms with van der Waals surface area (Å²) in [5, 5.41) is 0. The Hall–Kier alpha value is -7.22. The smallest absolute Gasteiger partial charge is 0.0714 e. The molecule has 1 atom stereocenters. The summed E-state index contributed by atoms with van der Waals surface area (Å²) < 4.78 is 0. The predicted molar refractivity (Wildman–Crippen MR) is 247 cm³/mol. The van der Waals surface area contributed by atoms with Gasteiger partial charge in [0.15, 0.2) is 0 Å². The van der Waals surface area contributed by atoms with E-state index < -0.39 is 5.41 Å². The normalized spacial score (nSPS) is 15.5. The van der Waals surface area contributed by atoms with Gasteiger partial charge in [-0.2, -0.15) is 0 Å². The molecule has 9 aromatic rings. The number of hydrogen-bond donors (Lipinski definition) is 0. The Balaban J connectivity index is 1.20. The van der Waals surface area contributed by atoms with Crippen LogP contribution in [0.2, 0.25) is 0 Å². The van der Waals surface area contributed by atoms with Crippen LogP contribution in [0.5, 0.6) is 0 Å². The number of benzene rings is 9. The molecule has 2 aliphatic rings. The van der Waals surface area contributed by atoms with E-state index >= 15 is 0 Å². The highest BCUT2D eigenvalue weighted by Gasteiger charge is 2.47. The summed E-state index contributed by atoms with van der Waals surface area (Å²) in [5.74, 6) is 0. The van der Waals surface area contributed by atoms with Crippen LogP contribution in [0.25, 0.3) is 44.5 Å². The van der Waals surface area contributed by atoms with Gasteiger partial charge in [-0.3, -0.25) is 0 Å². The van der Waals surface area contributed by atoms with Crippen LogP contribution in [0.4, 0.5) is 17.1 Å². The van der Waals surface area contributed by atoms with Crippen LogP contribution < -0.4 is 4.90 Å². The summed E-state index contributed by atoms with van der Waals surface area (Å²) in [6.07, 6.45) is 0. The van der Waals surface area contributed by atoms with Gasteiger partial charge in [-0.05, 0) is 91.0 Å². The van der Waals surface area contributed by atoms with E-state index in [2.05, 4.69) is 243 Å². The van der Waals surface area contributed by atoms with Crippen molar-refractivity contribution in [2.75, 3.05) is 4.90 Å². The number of fused-ring (bicyclic) bond motifs is 6. The molecule has 1 unspecified atom stereocenters. The zero-order chi connectivity index (χ0) is 39.6. The van der Waals surface area contributed by atoms with E-state index in [1.165, 1.54) is 77.9 Å². The van der Waals surface area contributed by atoms with E-state index in [0.717, 1.165) is 17.1 Å². The van der Waals surface area contributed by atoms with Crippen LogP contribution in [-0.2, 0) is 10.8 Å². The molecule has 2 aliphatic carbocycles. The van der Waals surface area contributed by atoms with Crippen LogP contribution >= 0.6 is 0 Å². The molecule has 0 saturated heterocycles. The number of para-hydroxylation sites is 1. The zero-order valence-corrected chi connectivity index (χ0v) is 33.3. The number of anilines is 3. The maximum absolute atomic E-state index is 2.54. The molecule has 0 heterocycles. The van der Waals surface area contributed by atoms with Crippen molar-refractivity contribution < 1.29 is 0 Å². The molecule has 0 radical (unpaired) electrons. The van der Waals surface area contributed by atoms with Crippen LogP contribution in [0.1, 0.15) is 47.2 Å². The van der Waals surface area contributed by atoms with Gasteiger partial charge in [-0.25, -0.2) is 0 Å². The molecule has 0 bridgehead atoms. The van der Waals surface area contributed by atoms with Crippen molar-refractivity contribution in [1.29, 1.82) is 0 Å². The molecule has 0 spiro atoms. The van der Waals surface area contributed by atoms with Crippen molar-refractivity contribution >= 4 is 17.1 Å². The van der Waals surface area contributed by atoms with Gasteiger partial charge < -0.3 is 4.90 Å². The third-order valence-corrected chi connectivity index (χ3v) is 13.0. The van der Waals surface area contributed by atoms with Crippen molar-refractivity contribution in [2.45, 2.75) is 24.7 Å². The molecule has 0 N–H and O–H groups in total. The minimum atomic E-state index is -0.551. The minimum Gasteiger partial charge on any atom is -0.309 e. The molecule has 9 aromatic carbocycles.